The summed E-state index contributed by atoms with van der Waals surface area (Å²) >= 11 is 3.37. The smallest absolute Gasteiger partial charge is 0.372 e. The molecule has 0 aliphatic carbocycles. The Morgan fingerprint density at radius 1 is 1.22 bits per heavy atom. The van der Waals surface area contributed by atoms with Crippen LogP contribution < -0.4 is 11.0 Å². The summed E-state index contributed by atoms with van der Waals surface area (Å²) in [6.07, 6.45) is -2.83. The van der Waals surface area contributed by atoms with E-state index in [1.54, 1.807) is 17.8 Å². The van der Waals surface area contributed by atoms with Crippen LogP contribution in [-0.2, 0) is 24.2 Å². The Bertz CT molecular complexity index is 1170. The second kappa shape index (κ2) is 9.36. The molecule has 0 aliphatic rings. The van der Waals surface area contributed by atoms with Gasteiger partial charge in [0.2, 0.25) is 0 Å². The van der Waals surface area contributed by atoms with Gasteiger partial charge in [0.05, 0.1) is 23.3 Å². The summed E-state index contributed by atoms with van der Waals surface area (Å²) < 4.78 is 49.0. The van der Waals surface area contributed by atoms with Gasteiger partial charge in [0.15, 0.2) is 4.73 Å². The van der Waals surface area contributed by atoms with Gasteiger partial charge < -0.3 is 14.6 Å². The molecule has 32 heavy (non-hydrogen) atoms. The molecule has 0 fully saturated rings. The maximum atomic E-state index is 13.3. The van der Waals surface area contributed by atoms with Gasteiger partial charge in [-0.2, -0.15) is 18.2 Å². The van der Waals surface area contributed by atoms with Gasteiger partial charge in [-0.3, -0.25) is 4.57 Å². The lowest BCUT2D eigenvalue weighted by Crippen LogP contribution is -2.25. The van der Waals surface area contributed by atoms with Crippen molar-refractivity contribution in [3.05, 3.63) is 50.9 Å². The van der Waals surface area contributed by atoms with E-state index in [1.165, 1.54) is 10.6 Å². The predicted molar refractivity (Wildman–Crippen MR) is 124 cm³/mol. The summed E-state index contributed by atoms with van der Waals surface area (Å²) in [6, 6.07) is 4.28. The molecule has 0 saturated heterocycles. The average molecular weight is 532 g/mol. The van der Waals surface area contributed by atoms with Crippen LogP contribution in [0.1, 0.15) is 11.3 Å². The first-order valence-electron chi connectivity index (χ1n) is 9.98. The lowest BCUT2D eigenvalue weighted by molar-refractivity contribution is -0.137. The number of benzene rings is 1. The van der Waals surface area contributed by atoms with Crippen LogP contribution in [0.25, 0.3) is 10.9 Å². The fourth-order valence-electron chi connectivity index (χ4n) is 3.11. The van der Waals surface area contributed by atoms with Gasteiger partial charge >= 0.3 is 11.9 Å². The van der Waals surface area contributed by atoms with E-state index in [0.29, 0.717) is 22.4 Å². The summed E-state index contributed by atoms with van der Waals surface area (Å²) in [7, 11) is 0.355. The molecule has 0 saturated carbocycles. The maximum Gasteiger partial charge on any atom is 0.416 e. The number of nitrogens with one attached hydrogen (secondary N) is 1. The normalized spacial score (nSPS) is 12.5. The molecule has 1 N–H and O–H groups in total. The monoisotopic (exact) mass is 531 g/mol. The number of hydrogen-bond acceptors (Lipinski definition) is 5. The van der Waals surface area contributed by atoms with Crippen molar-refractivity contribution in [2.24, 2.45) is 0 Å². The van der Waals surface area contributed by atoms with E-state index < -0.39 is 25.5 Å². The molecule has 12 heteroatoms. The summed E-state index contributed by atoms with van der Waals surface area (Å²) in [6.45, 7) is 7.68. The second-order valence-electron chi connectivity index (χ2n) is 8.63. The van der Waals surface area contributed by atoms with Crippen LogP contribution >= 0.6 is 15.9 Å². The van der Waals surface area contributed by atoms with Crippen LogP contribution in [0.4, 0.5) is 19.0 Å². The summed E-state index contributed by atoms with van der Waals surface area (Å²) in [4.78, 5) is 21.0. The molecule has 0 aliphatic heterocycles. The number of imidazole rings is 1. The van der Waals surface area contributed by atoms with E-state index >= 15 is 0 Å². The number of anilines is 1. The molecular weight excluding hydrogens is 507 g/mol. The second-order valence-corrected chi connectivity index (χ2v) is 15.0. The lowest BCUT2D eigenvalue weighted by Gasteiger charge is -2.15. The van der Waals surface area contributed by atoms with Crippen molar-refractivity contribution in [3.8, 4) is 0 Å². The highest BCUT2D eigenvalue weighted by Crippen LogP contribution is 2.32. The molecule has 0 spiro atoms. The van der Waals surface area contributed by atoms with Crippen LogP contribution in [0, 0.1) is 0 Å². The first-order valence-corrected chi connectivity index (χ1v) is 14.5. The molecule has 3 aromatic rings. The van der Waals surface area contributed by atoms with Crippen LogP contribution in [0.5, 0.6) is 0 Å². The third kappa shape index (κ3) is 5.78. The minimum atomic E-state index is -4.53. The standard InChI is InChI=1S/C20H25BrF3N5O2Si/c1-25-17-15-6-5-13(20(22,23)24)9-16(15)29(19(30)27-17)11-14-10-28(18(21)26-14)12-31-7-8-32(2,3)4/h5-6,9-10H,7-8,11-12H2,1-4H3,(H,25,27,30). The number of aromatic nitrogens is 4. The topological polar surface area (TPSA) is 74.0 Å². The average Bonchev–Trinajstić information content (AvgIpc) is 3.04. The molecule has 174 valence electrons. The zero-order chi connectivity index (χ0) is 23.7. The predicted octanol–water partition coefficient (Wildman–Crippen LogP) is 4.78. The van der Waals surface area contributed by atoms with Crippen molar-refractivity contribution in [2.45, 2.75) is 45.1 Å². The highest BCUT2D eigenvalue weighted by atomic mass is 79.9. The molecule has 0 radical (unpaired) electrons. The van der Waals surface area contributed by atoms with E-state index in [4.69, 9.17) is 4.74 Å². The molecule has 0 unspecified atom stereocenters. The summed E-state index contributed by atoms with van der Waals surface area (Å²) in [5.41, 5.74) is -0.890. The molecule has 0 amide bonds. The van der Waals surface area contributed by atoms with Crippen molar-refractivity contribution in [2.75, 3.05) is 19.0 Å². The summed E-state index contributed by atoms with van der Waals surface area (Å²) in [5, 5.41) is 3.18. The van der Waals surface area contributed by atoms with Gasteiger partial charge in [-0.1, -0.05) is 19.6 Å². The number of nitrogens with zero attached hydrogens (tertiary/aromatic N) is 4. The molecule has 0 atom stereocenters. The number of rotatable bonds is 8. The Hall–Kier alpha value is -2.18. The fraction of sp³-hybridized carbons (Fsp3) is 0.450. The van der Waals surface area contributed by atoms with Gasteiger partial charge in [-0.15, -0.1) is 0 Å². The van der Waals surface area contributed by atoms with E-state index in [0.717, 1.165) is 18.2 Å². The highest BCUT2D eigenvalue weighted by Gasteiger charge is 2.31. The van der Waals surface area contributed by atoms with Gasteiger partial charge in [-0.25, -0.2) is 9.78 Å². The Morgan fingerprint density at radius 3 is 2.56 bits per heavy atom. The lowest BCUT2D eigenvalue weighted by atomic mass is 10.1. The molecular formula is C20H25BrF3N5O2Si. The van der Waals surface area contributed by atoms with E-state index in [-0.39, 0.29) is 24.6 Å². The zero-order valence-electron chi connectivity index (χ0n) is 18.3. The van der Waals surface area contributed by atoms with Gasteiger partial charge in [-0.05, 0) is 40.2 Å². The Kier molecular flexibility index (Phi) is 7.15. The number of hydrogen-bond donors (Lipinski definition) is 1. The molecule has 0 bridgehead atoms. The quantitative estimate of drug-likeness (QED) is 0.334. The Morgan fingerprint density at radius 2 is 1.94 bits per heavy atom. The first kappa shape index (κ1) is 24.5. The Balaban J connectivity index is 1.92. The van der Waals surface area contributed by atoms with Crippen molar-refractivity contribution in [1.82, 2.24) is 19.1 Å². The minimum Gasteiger partial charge on any atom is -0.372 e. The van der Waals surface area contributed by atoms with E-state index in [1.807, 2.05) is 0 Å². The SMILES string of the molecule is CNc1nc(=O)n(Cc2cn(COCC[Si](C)(C)C)c(Br)n2)c2cc(C(F)(F)F)ccc12. The molecule has 3 rings (SSSR count). The third-order valence-corrected chi connectivity index (χ3v) is 7.21. The molecule has 2 aromatic heterocycles. The largest absolute Gasteiger partial charge is 0.416 e. The van der Waals surface area contributed by atoms with Crippen LogP contribution in [-0.4, -0.2) is 40.8 Å². The zero-order valence-corrected chi connectivity index (χ0v) is 20.8. The fourth-order valence-corrected chi connectivity index (χ4v) is 4.30. The number of ether oxygens (including phenoxy) is 1. The molecule has 1 aromatic carbocycles. The highest BCUT2D eigenvalue weighted by molar-refractivity contribution is 9.10. The third-order valence-electron chi connectivity index (χ3n) is 4.87. The van der Waals surface area contributed by atoms with Crippen molar-refractivity contribution < 1.29 is 17.9 Å². The van der Waals surface area contributed by atoms with Crippen molar-refractivity contribution >= 4 is 40.7 Å². The summed E-state index contributed by atoms with van der Waals surface area (Å²) in [5.74, 6) is 0.220. The number of alkyl halides is 3. The van der Waals surface area contributed by atoms with Crippen molar-refractivity contribution in [3.63, 3.8) is 0 Å². The van der Waals surface area contributed by atoms with Gasteiger partial charge in [0.1, 0.15) is 12.5 Å². The first-order chi connectivity index (χ1) is 14.9. The Labute approximate surface area is 192 Å². The molecule has 2 heterocycles. The number of halogens is 4. The van der Waals surface area contributed by atoms with Crippen LogP contribution in [0.3, 0.4) is 0 Å². The number of fused-ring (bicyclic) bond motifs is 1. The van der Waals surface area contributed by atoms with Gasteiger partial charge in [0, 0.05) is 33.3 Å². The maximum absolute atomic E-state index is 13.3. The van der Waals surface area contributed by atoms with Crippen molar-refractivity contribution in [1.29, 1.82) is 0 Å². The van der Waals surface area contributed by atoms with Crippen LogP contribution in [0.2, 0.25) is 25.7 Å². The minimum absolute atomic E-state index is 0.0336. The molecule has 7 nitrogen and oxygen atoms in total. The van der Waals surface area contributed by atoms with Crippen LogP contribution in [0.15, 0.2) is 33.9 Å². The van der Waals surface area contributed by atoms with Gasteiger partial charge in [0.25, 0.3) is 0 Å². The van der Waals surface area contributed by atoms with E-state index in [2.05, 4.69) is 50.9 Å². The van der Waals surface area contributed by atoms with E-state index in [9.17, 15) is 18.0 Å².